The van der Waals surface area contributed by atoms with E-state index in [4.69, 9.17) is 5.73 Å². The highest BCUT2D eigenvalue weighted by Crippen LogP contribution is 2.20. The van der Waals surface area contributed by atoms with Gasteiger partial charge in [-0.05, 0) is 31.6 Å². The number of hydrogen-bond acceptors (Lipinski definition) is 5. The van der Waals surface area contributed by atoms with E-state index in [0.717, 1.165) is 25.9 Å². The van der Waals surface area contributed by atoms with Crippen molar-refractivity contribution in [2.24, 2.45) is 17.6 Å². The van der Waals surface area contributed by atoms with Crippen LogP contribution in [0.5, 0.6) is 0 Å². The van der Waals surface area contributed by atoms with E-state index < -0.39 is 15.9 Å². The SMILES string of the molecule is CC1CC(C)CN(CC(C)NC(=O)C(N)CCS(C)(=O)=O)C1.Cl. The van der Waals surface area contributed by atoms with Gasteiger partial charge in [-0.2, -0.15) is 0 Å². The summed E-state index contributed by atoms with van der Waals surface area (Å²) in [5, 5.41) is 2.89. The lowest BCUT2D eigenvalue weighted by Gasteiger charge is -2.36. The van der Waals surface area contributed by atoms with Crippen LogP contribution in [0.15, 0.2) is 0 Å². The Kier molecular flexibility index (Phi) is 9.65. The Bertz CT molecular complexity index is 463. The van der Waals surface area contributed by atoms with Crippen LogP contribution in [0.3, 0.4) is 0 Å². The minimum atomic E-state index is -3.08. The van der Waals surface area contributed by atoms with Crippen LogP contribution in [0.1, 0.15) is 33.6 Å². The predicted molar refractivity (Wildman–Crippen MR) is 96.5 cm³/mol. The van der Waals surface area contributed by atoms with Gasteiger partial charge in [-0.3, -0.25) is 4.79 Å². The zero-order chi connectivity index (χ0) is 16.9. The number of carbonyl (C=O) groups excluding carboxylic acids is 1. The molecule has 0 aliphatic carbocycles. The Morgan fingerprint density at radius 3 is 2.30 bits per heavy atom. The predicted octanol–water partition coefficient (Wildman–Crippen LogP) is 0.653. The maximum absolute atomic E-state index is 12.0. The summed E-state index contributed by atoms with van der Waals surface area (Å²) in [6, 6.07) is -0.759. The van der Waals surface area contributed by atoms with Gasteiger partial charge in [0.1, 0.15) is 9.84 Å². The largest absolute Gasteiger partial charge is 0.351 e. The Labute approximate surface area is 146 Å². The number of piperidine rings is 1. The quantitative estimate of drug-likeness (QED) is 0.687. The molecule has 1 fully saturated rings. The summed E-state index contributed by atoms with van der Waals surface area (Å²) in [6.45, 7) is 9.40. The third kappa shape index (κ3) is 9.49. The number of nitrogens with one attached hydrogen (secondary N) is 1. The summed E-state index contributed by atoms with van der Waals surface area (Å²) < 4.78 is 22.2. The molecule has 6 nitrogen and oxygen atoms in total. The van der Waals surface area contributed by atoms with E-state index in [-0.39, 0.29) is 36.5 Å². The number of likely N-dealkylation sites (tertiary alicyclic amines) is 1. The van der Waals surface area contributed by atoms with Crippen LogP contribution < -0.4 is 11.1 Å². The van der Waals surface area contributed by atoms with Gasteiger partial charge in [-0.15, -0.1) is 12.4 Å². The molecule has 0 radical (unpaired) electrons. The van der Waals surface area contributed by atoms with Crippen molar-refractivity contribution in [3.8, 4) is 0 Å². The van der Waals surface area contributed by atoms with Crippen LogP contribution >= 0.6 is 12.4 Å². The molecular weight excluding hydrogens is 338 g/mol. The maximum Gasteiger partial charge on any atom is 0.237 e. The molecule has 4 unspecified atom stereocenters. The van der Waals surface area contributed by atoms with Gasteiger partial charge < -0.3 is 16.0 Å². The fourth-order valence-electron chi connectivity index (χ4n) is 3.20. The third-order valence-electron chi connectivity index (χ3n) is 4.00. The van der Waals surface area contributed by atoms with Crippen molar-refractivity contribution in [1.29, 1.82) is 0 Å². The van der Waals surface area contributed by atoms with Gasteiger partial charge in [-0.25, -0.2) is 8.42 Å². The topological polar surface area (TPSA) is 92.5 Å². The van der Waals surface area contributed by atoms with Crippen molar-refractivity contribution < 1.29 is 13.2 Å². The lowest BCUT2D eigenvalue weighted by Crippen LogP contribution is -2.50. The van der Waals surface area contributed by atoms with Gasteiger partial charge in [0.05, 0.1) is 11.8 Å². The van der Waals surface area contributed by atoms with Crippen LogP contribution in [0.25, 0.3) is 0 Å². The number of nitrogens with zero attached hydrogens (tertiary/aromatic N) is 1. The Morgan fingerprint density at radius 1 is 1.30 bits per heavy atom. The molecule has 0 aromatic rings. The summed E-state index contributed by atoms with van der Waals surface area (Å²) in [6.07, 6.45) is 2.57. The zero-order valence-corrected chi connectivity index (χ0v) is 16.3. The van der Waals surface area contributed by atoms with Gasteiger partial charge in [0, 0.05) is 31.9 Å². The lowest BCUT2D eigenvalue weighted by atomic mass is 9.92. The second-order valence-electron chi connectivity index (χ2n) is 7.10. The average molecular weight is 370 g/mol. The van der Waals surface area contributed by atoms with Crippen molar-refractivity contribution in [1.82, 2.24) is 10.2 Å². The van der Waals surface area contributed by atoms with E-state index >= 15 is 0 Å². The van der Waals surface area contributed by atoms with Gasteiger partial charge >= 0.3 is 0 Å². The van der Waals surface area contributed by atoms with E-state index in [1.165, 1.54) is 6.42 Å². The van der Waals surface area contributed by atoms with E-state index in [0.29, 0.717) is 11.8 Å². The molecule has 1 rings (SSSR count). The lowest BCUT2D eigenvalue weighted by molar-refractivity contribution is -0.123. The van der Waals surface area contributed by atoms with Gasteiger partial charge in [0.25, 0.3) is 0 Å². The first-order valence-corrected chi connectivity index (χ1v) is 10.1. The number of rotatable bonds is 7. The van der Waals surface area contributed by atoms with Crippen molar-refractivity contribution in [2.45, 2.75) is 45.7 Å². The van der Waals surface area contributed by atoms with E-state index in [1.54, 1.807) is 0 Å². The van der Waals surface area contributed by atoms with Crippen molar-refractivity contribution in [3.05, 3.63) is 0 Å². The number of halogens is 1. The second kappa shape index (κ2) is 9.81. The summed E-state index contributed by atoms with van der Waals surface area (Å²) in [4.78, 5) is 14.4. The Balaban J connectivity index is 0.00000484. The van der Waals surface area contributed by atoms with E-state index in [1.807, 2.05) is 6.92 Å². The molecule has 0 spiro atoms. The normalized spacial score (nSPS) is 25.3. The fraction of sp³-hybridized carbons (Fsp3) is 0.933. The van der Waals surface area contributed by atoms with E-state index in [9.17, 15) is 13.2 Å². The third-order valence-corrected chi connectivity index (χ3v) is 4.98. The molecule has 0 aromatic heterocycles. The average Bonchev–Trinajstić information content (AvgIpc) is 2.33. The highest BCUT2D eigenvalue weighted by molar-refractivity contribution is 7.90. The summed E-state index contributed by atoms with van der Waals surface area (Å²) in [5.41, 5.74) is 5.76. The molecule has 1 saturated heterocycles. The molecule has 3 N–H and O–H groups in total. The minimum Gasteiger partial charge on any atom is -0.351 e. The molecule has 1 aliphatic heterocycles. The Morgan fingerprint density at radius 2 is 1.83 bits per heavy atom. The summed E-state index contributed by atoms with van der Waals surface area (Å²) >= 11 is 0. The van der Waals surface area contributed by atoms with Crippen LogP contribution in [-0.4, -0.2) is 63.0 Å². The smallest absolute Gasteiger partial charge is 0.237 e. The first kappa shape index (κ1) is 22.6. The molecule has 4 atom stereocenters. The molecule has 1 heterocycles. The molecule has 138 valence electrons. The number of hydrogen-bond donors (Lipinski definition) is 2. The number of sulfone groups is 1. The summed E-state index contributed by atoms with van der Waals surface area (Å²) in [5.74, 6) is 1.04. The molecule has 0 aromatic carbocycles. The van der Waals surface area contributed by atoms with Gasteiger partial charge in [-0.1, -0.05) is 13.8 Å². The maximum atomic E-state index is 12.0. The first-order chi connectivity index (χ1) is 10.1. The van der Waals surface area contributed by atoms with Crippen LogP contribution in [0.4, 0.5) is 0 Å². The fourth-order valence-corrected chi connectivity index (χ4v) is 3.88. The van der Waals surface area contributed by atoms with Crippen molar-refractivity contribution in [3.63, 3.8) is 0 Å². The molecule has 1 amide bonds. The highest BCUT2D eigenvalue weighted by atomic mass is 35.5. The van der Waals surface area contributed by atoms with E-state index in [2.05, 4.69) is 24.1 Å². The summed E-state index contributed by atoms with van der Waals surface area (Å²) in [7, 11) is -3.08. The van der Waals surface area contributed by atoms with Crippen LogP contribution in [-0.2, 0) is 14.6 Å². The van der Waals surface area contributed by atoms with Gasteiger partial charge in [0.15, 0.2) is 0 Å². The first-order valence-electron chi connectivity index (χ1n) is 8.03. The minimum absolute atomic E-state index is 0. The molecule has 1 aliphatic rings. The highest BCUT2D eigenvalue weighted by Gasteiger charge is 2.24. The number of nitrogens with two attached hydrogens (primary N) is 1. The second-order valence-corrected chi connectivity index (χ2v) is 9.36. The van der Waals surface area contributed by atoms with Gasteiger partial charge in [0.2, 0.25) is 5.91 Å². The molecule has 23 heavy (non-hydrogen) atoms. The van der Waals surface area contributed by atoms with Crippen molar-refractivity contribution >= 4 is 28.2 Å². The number of amides is 1. The van der Waals surface area contributed by atoms with Crippen molar-refractivity contribution in [2.75, 3.05) is 31.6 Å². The standard InChI is InChI=1S/C15H31N3O3S.ClH/c1-11-7-12(2)9-18(8-11)10-13(3)17-15(19)14(16)5-6-22(4,20)21;/h11-14H,5-10,16H2,1-4H3,(H,17,19);1H. The molecular formula is C15H32ClN3O3S. The monoisotopic (exact) mass is 369 g/mol. The molecule has 8 heteroatoms. The molecule has 0 bridgehead atoms. The van der Waals surface area contributed by atoms with Crippen LogP contribution in [0.2, 0.25) is 0 Å². The zero-order valence-electron chi connectivity index (χ0n) is 14.6. The Hall–Kier alpha value is -0.370. The van der Waals surface area contributed by atoms with Crippen LogP contribution in [0, 0.1) is 11.8 Å². The number of carbonyl (C=O) groups is 1. The molecule has 0 saturated carbocycles.